The smallest absolute Gasteiger partial charge is 0.123 e. The van der Waals surface area contributed by atoms with Crippen molar-refractivity contribution in [3.63, 3.8) is 0 Å². The van der Waals surface area contributed by atoms with E-state index < -0.39 is 0 Å². The van der Waals surface area contributed by atoms with Gasteiger partial charge in [0, 0.05) is 5.88 Å². The molecule has 1 rings (SSSR count). The first-order valence-electron chi connectivity index (χ1n) is 5.46. The number of alkyl halides is 1. The van der Waals surface area contributed by atoms with Crippen LogP contribution in [0.3, 0.4) is 0 Å². The van der Waals surface area contributed by atoms with Crippen LogP contribution in [0.2, 0.25) is 0 Å². The Morgan fingerprint density at radius 2 is 1.67 bits per heavy atom. The molecule has 0 amide bonds. The minimum Gasteiger partial charge on any atom is -0.207 e. The standard InChI is InChI=1S/C13H18ClF/c1-3-13(4-2,10-14)9-11-5-7-12(15)8-6-11/h5-8H,3-4,9-10H2,1-2H3. The molecule has 0 fully saturated rings. The first-order chi connectivity index (χ1) is 7.15. The molecule has 0 saturated carbocycles. The predicted octanol–water partition coefficient (Wildman–Crippen LogP) is 4.41. The van der Waals surface area contributed by atoms with E-state index in [9.17, 15) is 4.39 Å². The lowest BCUT2D eigenvalue weighted by molar-refractivity contribution is 0.301. The number of halogens is 2. The van der Waals surface area contributed by atoms with Crippen LogP contribution >= 0.6 is 11.6 Å². The molecule has 0 aliphatic carbocycles. The van der Waals surface area contributed by atoms with Gasteiger partial charge >= 0.3 is 0 Å². The molecular formula is C13H18ClF. The fraction of sp³-hybridized carbons (Fsp3) is 0.538. The second-order valence-corrected chi connectivity index (χ2v) is 4.41. The quantitative estimate of drug-likeness (QED) is 0.655. The molecule has 0 aromatic heterocycles. The van der Waals surface area contributed by atoms with Crippen LogP contribution in [0.1, 0.15) is 32.3 Å². The lowest BCUT2D eigenvalue weighted by Crippen LogP contribution is -2.24. The van der Waals surface area contributed by atoms with Crippen molar-refractivity contribution in [2.45, 2.75) is 33.1 Å². The third-order valence-corrected chi connectivity index (χ3v) is 3.84. The topological polar surface area (TPSA) is 0 Å². The van der Waals surface area contributed by atoms with Crippen LogP contribution in [0.25, 0.3) is 0 Å². The van der Waals surface area contributed by atoms with Gasteiger partial charge < -0.3 is 0 Å². The molecule has 0 saturated heterocycles. The summed E-state index contributed by atoms with van der Waals surface area (Å²) in [5.41, 5.74) is 1.33. The van der Waals surface area contributed by atoms with Gasteiger partial charge in [-0.15, -0.1) is 11.6 Å². The van der Waals surface area contributed by atoms with E-state index in [1.165, 1.54) is 17.7 Å². The van der Waals surface area contributed by atoms with Gasteiger partial charge in [-0.25, -0.2) is 4.39 Å². The van der Waals surface area contributed by atoms with Crippen molar-refractivity contribution in [2.24, 2.45) is 5.41 Å². The summed E-state index contributed by atoms with van der Waals surface area (Å²) in [6.45, 7) is 4.32. The van der Waals surface area contributed by atoms with E-state index in [4.69, 9.17) is 11.6 Å². The highest BCUT2D eigenvalue weighted by molar-refractivity contribution is 6.18. The van der Waals surface area contributed by atoms with Crippen LogP contribution < -0.4 is 0 Å². The van der Waals surface area contributed by atoms with E-state index in [-0.39, 0.29) is 11.2 Å². The Balaban J connectivity index is 2.78. The predicted molar refractivity (Wildman–Crippen MR) is 63.8 cm³/mol. The molecule has 1 aromatic carbocycles. The lowest BCUT2D eigenvalue weighted by atomic mass is 9.79. The Bertz CT molecular complexity index is 280. The number of benzene rings is 1. The van der Waals surface area contributed by atoms with Gasteiger partial charge in [-0.2, -0.15) is 0 Å². The Labute approximate surface area is 96.5 Å². The summed E-state index contributed by atoms with van der Waals surface area (Å²) in [6, 6.07) is 6.73. The van der Waals surface area contributed by atoms with Crippen molar-refractivity contribution in [3.8, 4) is 0 Å². The van der Waals surface area contributed by atoms with Crippen molar-refractivity contribution < 1.29 is 4.39 Å². The average Bonchev–Trinajstić information content (AvgIpc) is 2.29. The third kappa shape index (κ3) is 3.20. The molecule has 84 valence electrons. The SMILES string of the molecule is CCC(CC)(CCl)Cc1ccc(F)cc1. The fourth-order valence-corrected chi connectivity index (χ4v) is 2.24. The van der Waals surface area contributed by atoms with Gasteiger partial charge in [0.2, 0.25) is 0 Å². The molecule has 2 heteroatoms. The summed E-state index contributed by atoms with van der Waals surface area (Å²) >= 11 is 6.03. The molecule has 15 heavy (non-hydrogen) atoms. The second-order valence-electron chi connectivity index (χ2n) is 4.14. The van der Waals surface area contributed by atoms with Crippen LogP contribution in [-0.4, -0.2) is 5.88 Å². The summed E-state index contributed by atoms with van der Waals surface area (Å²) in [5.74, 6) is 0.486. The number of rotatable bonds is 5. The molecule has 0 aliphatic rings. The molecule has 0 atom stereocenters. The number of hydrogen-bond acceptors (Lipinski definition) is 0. The van der Waals surface area contributed by atoms with Gasteiger partial charge in [-0.3, -0.25) is 0 Å². The van der Waals surface area contributed by atoms with Crippen LogP contribution in [-0.2, 0) is 6.42 Å². The molecule has 0 radical (unpaired) electrons. The van der Waals surface area contributed by atoms with E-state index >= 15 is 0 Å². The maximum atomic E-state index is 12.7. The number of hydrogen-bond donors (Lipinski definition) is 0. The van der Waals surface area contributed by atoms with Crippen LogP contribution in [0.5, 0.6) is 0 Å². The fourth-order valence-electron chi connectivity index (χ4n) is 1.77. The molecule has 0 spiro atoms. The third-order valence-electron chi connectivity index (χ3n) is 3.28. The minimum atomic E-state index is -0.178. The van der Waals surface area contributed by atoms with E-state index in [0.29, 0.717) is 5.88 Å². The van der Waals surface area contributed by atoms with Crippen molar-refractivity contribution in [2.75, 3.05) is 5.88 Å². The summed E-state index contributed by atoms with van der Waals surface area (Å²) in [7, 11) is 0. The highest BCUT2D eigenvalue weighted by atomic mass is 35.5. The minimum absolute atomic E-state index is 0.166. The Hall–Kier alpha value is -0.560. The average molecular weight is 229 g/mol. The van der Waals surface area contributed by atoms with Gasteiger partial charge in [0.05, 0.1) is 0 Å². The molecule has 0 unspecified atom stereocenters. The summed E-state index contributed by atoms with van der Waals surface area (Å²) in [5, 5.41) is 0. The molecule has 0 bridgehead atoms. The van der Waals surface area contributed by atoms with E-state index in [2.05, 4.69) is 13.8 Å². The van der Waals surface area contributed by atoms with Crippen LogP contribution in [0.4, 0.5) is 4.39 Å². The van der Waals surface area contributed by atoms with Crippen molar-refractivity contribution >= 4 is 11.6 Å². The van der Waals surface area contributed by atoms with E-state index in [1.54, 1.807) is 0 Å². The van der Waals surface area contributed by atoms with Crippen molar-refractivity contribution in [3.05, 3.63) is 35.6 Å². The summed E-state index contributed by atoms with van der Waals surface area (Å²) in [4.78, 5) is 0. The lowest BCUT2D eigenvalue weighted by Gasteiger charge is -2.29. The molecule has 0 N–H and O–H groups in total. The second kappa shape index (κ2) is 5.50. The normalized spacial score (nSPS) is 11.7. The largest absolute Gasteiger partial charge is 0.207 e. The molecule has 0 aliphatic heterocycles. The maximum Gasteiger partial charge on any atom is 0.123 e. The van der Waals surface area contributed by atoms with Gasteiger partial charge in [-0.05, 0) is 42.4 Å². The van der Waals surface area contributed by atoms with E-state index in [0.717, 1.165) is 19.3 Å². The van der Waals surface area contributed by atoms with Gasteiger partial charge in [0.1, 0.15) is 5.82 Å². The highest BCUT2D eigenvalue weighted by Gasteiger charge is 2.25. The zero-order chi connectivity index (χ0) is 11.3. The summed E-state index contributed by atoms with van der Waals surface area (Å²) < 4.78 is 12.7. The van der Waals surface area contributed by atoms with Gasteiger partial charge in [-0.1, -0.05) is 26.0 Å². The Morgan fingerprint density at radius 1 is 1.13 bits per heavy atom. The van der Waals surface area contributed by atoms with Crippen molar-refractivity contribution in [1.82, 2.24) is 0 Å². The van der Waals surface area contributed by atoms with Crippen molar-refractivity contribution in [1.29, 1.82) is 0 Å². The van der Waals surface area contributed by atoms with Gasteiger partial charge in [0.15, 0.2) is 0 Å². The maximum absolute atomic E-state index is 12.7. The summed E-state index contributed by atoms with van der Waals surface area (Å²) in [6.07, 6.45) is 3.05. The van der Waals surface area contributed by atoms with Gasteiger partial charge in [0.25, 0.3) is 0 Å². The van der Waals surface area contributed by atoms with Crippen LogP contribution in [0, 0.1) is 11.2 Å². The monoisotopic (exact) mass is 228 g/mol. The zero-order valence-electron chi connectivity index (χ0n) is 9.39. The molecular weight excluding hydrogens is 211 g/mol. The Kier molecular flexibility index (Phi) is 4.59. The molecule has 1 aromatic rings. The first-order valence-corrected chi connectivity index (χ1v) is 5.99. The Morgan fingerprint density at radius 3 is 2.07 bits per heavy atom. The highest BCUT2D eigenvalue weighted by Crippen LogP contribution is 2.32. The molecule has 0 heterocycles. The van der Waals surface area contributed by atoms with Crippen LogP contribution in [0.15, 0.2) is 24.3 Å². The van der Waals surface area contributed by atoms with E-state index in [1.807, 2.05) is 12.1 Å². The first kappa shape index (κ1) is 12.5. The molecule has 0 nitrogen and oxygen atoms in total. The zero-order valence-corrected chi connectivity index (χ0v) is 10.1.